The van der Waals surface area contributed by atoms with Gasteiger partial charge in [0, 0.05) is 28.4 Å². The number of nitrogens with two attached hydrogens (primary N) is 1. The van der Waals surface area contributed by atoms with Gasteiger partial charge in [-0.25, -0.2) is 0 Å². The first-order chi connectivity index (χ1) is 9.02. The summed E-state index contributed by atoms with van der Waals surface area (Å²) >= 11 is 11.3. The maximum atomic E-state index is 5.99. The van der Waals surface area contributed by atoms with E-state index in [9.17, 15) is 0 Å². The van der Waals surface area contributed by atoms with Crippen molar-refractivity contribution >= 4 is 45.0 Å². The monoisotopic (exact) mass is 359 g/mol. The van der Waals surface area contributed by atoms with Crippen LogP contribution in [0.3, 0.4) is 0 Å². The average molecular weight is 361 g/mol. The van der Waals surface area contributed by atoms with E-state index in [1.165, 1.54) is 0 Å². The number of thioether (sulfide) groups is 1. The fourth-order valence-electron chi connectivity index (χ4n) is 1.76. The Hall–Kier alpha value is -0.650. The van der Waals surface area contributed by atoms with Crippen molar-refractivity contribution in [1.82, 2.24) is 9.78 Å². The predicted molar refractivity (Wildman–Crippen MR) is 85.7 cm³/mol. The van der Waals surface area contributed by atoms with Gasteiger partial charge in [-0.15, -0.1) is 11.8 Å². The number of rotatable bonds is 4. The van der Waals surface area contributed by atoms with Gasteiger partial charge in [0.2, 0.25) is 0 Å². The maximum absolute atomic E-state index is 5.99. The Balaban J connectivity index is 2.19. The highest BCUT2D eigenvalue weighted by Crippen LogP contribution is 2.33. The molecule has 6 heteroatoms. The number of halogens is 2. The summed E-state index contributed by atoms with van der Waals surface area (Å²) in [5, 5.41) is 5.18. The number of aromatic nitrogens is 2. The van der Waals surface area contributed by atoms with Crippen LogP contribution in [0.1, 0.15) is 18.3 Å². The molecule has 1 heterocycles. The molecular weight excluding hydrogens is 346 g/mol. The zero-order valence-electron chi connectivity index (χ0n) is 10.8. The highest BCUT2D eigenvalue weighted by Gasteiger charge is 2.13. The summed E-state index contributed by atoms with van der Waals surface area (Å²) in [5.41, 5.74) is 8.94. The minimum Gasteiger partial charge on any atom is -0.398 e. The van der Waals surface area contributed by atoms with E-state index in [1.54, 1.807) is 17.8 Å². The summed E-state index contributed by atoms with van der Waals surface area (Å²) < 4.78 is 3.00. The number of nitrogens with zero attached hydrogens (tertiary/aromatic N) is 2. The van der Waals surface area contributed by atoms with Crippen molar-refractivity contribution in [3.8, 4) is 0 Å². The lowest BCUT2D eigenvalue weighted by molar-refractivity contribution is 0.719. The van der Waals surface area contributed by atoms with Crippen LogP contribution in [0.25, 0.3) is 0 Å². The molecule has 3 nitrogen and oxygen atoms in total. The molecule has 0 amide bonds. The van der Waals surface area contributed by atoms with E-state index in [0.717, 1.165) is 38.6 Å². The van der Waals surface area contributed by atoms with Crippen LogP contribution in [0.5, 0.6) is 0 Å². The topological polar surface area (TPSA) is 43.8 Å². The molecule has 0 unspecified atom stereocenters. The molecule has 2 N–H and O–H groups in total. The molecule has 2 rings (SSSR count). The van der Waals surface area contributed by atoms with Gasteiger partial charge in [-0.3, -0.25) is 4.68 Å². The van der Waals surface area contributed by atoms with Crippen LogP contribution in [-0.4, -0.2) is 9.78 Å². The third kappa shape index (κ3) is 3.27. The molecular formula is C13H15BrClN3S. The fourth-order valence-corrected chi connectivity index (χ4v) is 4.00. The summed E-state index contributed by atoms with van der Waals surface area (Å²) in [5.74, 6) is 0.800. The van der Waals surface area contributed by atoms with Gasteiger partial charge in [0.05, 0.1) is 15.9 Å². The zero-order chi connectivity index (χ0) is 14.0. The Morgan fingerprint density at radius 1 is 1.47 bits per heavy atom. The molecule has 0 spiro atoms. The summed E-state index contributed by atoms with van der Waals surface area (Å²) in [6.45, 7) is 2.10. The van der Waals surface area contributed by atoms with Crippen molar-refractivity contribution in [2.45, 2.75) is 24.0 Å². The van der Waals surface area contributed by atoms with E-state index in [2.05, 4.69) is 28.0 Å². The number of benzene rings is 1. The van der Waals surface area contributed by atoms with Crippen LogP contribution in [0.15, 0.2) is 27.6 Å². The largest absolute Gasteiger partial charge is 0.398 e. The Morgan fingerprint density at radius 3 is 2.84 bits per heavy atom. The smallest absolute Gasteiger partial charge is 0.0767 e. The molecule has 0 bridgehead atoms. The summed E-state index contributed by atoms with van der Waals surface area (Å²) in [4.78, 5) is 0.999. The third-order valence-corrected chi connectivity index (χ3v) is 5.08. The molecule has 0 atom stereocenters. The van der Waals surface area contributed by atoms with E-state index >= 15 is 0 Å². The SMILES string of the molecule is CCc1nn(C)c(CSc2cc(Cl)ccc2N)c1Br. The molecule has 0 aliphatic carbocycles. The quantitative estimate of drug-likeness (QED) is 0.654. The third-order valence-electron chi connectivity index (χ3n) is 2.84. The van der Waals surface area contributed by atoms with Crippen LogP contribution >= 0.6 is 39.3 Å². The second-order valence-electron chi connectivity index (χ2n) is 4.16. The standard InChI is InChI=1S/C13H15BrClN3S/c1-3-10-13(14)11(18(2)17-10)7-19-12-6-8(15)4-5-9(12)16/h4-6H,3,7,16H2,1-2H3. The van der Waals surface area contributed by atoms with Gasteiger partial charge in [-0.2, -0.15) is 5.10 Å². The minimum absolute atomic E-state index is 0.704. The molecule has 102 valence electrons. The lowest BCUT2D eigenvalue weighted by atomic mass is 10.3. The second-order valence-corrected chi connectivity index (χ2v) is 6.40. The molecule has 19 heavy (non-hydrogen) atoms. The molecule has 0 radical (unpaired) electrons. The Kier molecular flexibility index (Phi) is 4.81. The first-order valence-electron chi connectivity index (χ1n) is 5.91. The van der Waals surface area contributed by atoms with E-state index in [-0.39, 0.29) is 0 Å². The summed E-state index contributed by atoms with van der Waals surface area (Å²) in [7, 11) is 1.96. The van der Waals surface area contributed by atoms with Crippen LogP contribution in [-0.2, 0) is 19.2 Å². The van der Waals surface area contributed by atoms with Crippen LogP contribution in [0, 0.1) is 0 Å². The van der Waals surface area contributed by atoms with Gasteiger partial charge in [-0.1, -0.05) is 18.5 Å². The Morgan fingerprint density at radius 2 is 2.21 bits per heavy atom. The lowest BCUT2D eigenvalue weighted by Gasteiger charge is -2.06. The van der Waals surface area contributed by atoms with Crippen molar-refractivity contribution in [2.75, 3.05) is 5.73 Å². The predicted octanol–water partition coefficient (Wildman–Crippen LogP) is 4.27. The van der Waals surface area contributed by atoms with E-state index < -0.39 is 0 Å². The first kappa shape index (κ1) is 14.8. The fraction of sp³-hybridized carbons (Fsp3) is 0.308. The van der Waals surface area contributed by atoms with E-state index in [0.29, 0.717) is 5.02 Å². The van der Waals surface area contributed by atoms with Crippen LogP contribution in [0.4, 0.5) is 5.69 Å². The van der Waals surface area contributed by atoms with Gasteiger partial charge >= 0.3 is 0 Å². The molecule has 2 aromatic rings. The summed E-state index contributed by atoms with van der Waals surface area (Å²) in [6, 6.07) is 5.53. The van der Waals surface area contributed by atoms with Crippen molar-refractivity contribution in [3.05, 3.63) is 39.1 Å². The van der Waals surface area contributed by atoms with Gasteiger partial charge < -0.3 is 5.73 Å². The van der Waals surface area contributed by atoms with Crippen molar-refractivity contribution < 1.29 is 0 Å². The van der Waals surface area contributed by atoms with Crippen molar-refractivity contribution in [1.29, 1.82) is 0 Å². The van der Waals surface area contributed by atoms with Gasteiger partial charge in [-0.05, 0) is 40.5 Å². The molecule has 0 saturated carbocycles. The van der Waals surface area contributed by atoms with Crippen LogP contribution < -0.4 is 5.73 Å². The molecule has 1 aromatic heterocycles. The van der Waals surface area contributed by atoms with E-state index in [1.807, 2.05) is 23.9 Å². The number of hydrogen-bond acceptors (Lipinski definition) is 3. The molecule has 0 saturated heterocycles. The Labute approximate surface area is 130 Å². The number of hydrogen-bond donors (Lipinski definition) is 1. The maximum Gasteiger partial charge on any atom is 0.0767 e. The summed E-state index contributed by atoms with van der Waals surface area (Å²) in [6.07, 6.45) is 0.915. The number of aryl methyl sites for hydroxylation is 2. The van der Waals surface area contributed by atoms with Gasteiger partial charge in [0.25, 0.3) is 0 Å². The molecule has 0 aliphatic heterocycles. The molecule has 1 aromatic carbocycles. The molecule has 0 aliphatic rings. The van der Waals surface area contributed by atoms with Gasteiger partial charge in [0.15, 0.2) is 0 Å². The van der Waals surface area contributed by atoms with Gasteiger partial charge in [0.1, 0.15) is 0 Å². The van der Waals surface area contributed by atoms with Crippen molar-refractivity contribution in [2.24, 2.45) is 7.05 Å². The normalized spacial score (nSPS) is 10.9. The highest BCUT2D eigenvalue weighted by atomic mass is 79.9. The number of anilines is 1. The Bertz CT molecular complexity index is 598. The average Bonchev–Trinajstić information content (AvgIpc) is 2.66. The lowest BCUT2D eigenvalue weighted by Crippen LogP contribution is -1.97. The number of nitrogen functional groups attached to an aromatic ring is 1. The van der Waals surface area contributed by atoms with Crippen molar-refractivity contribution in [3.63, 3.8) is 0 Å². The first-order valence-corrected chi connectivity index (χ1v) is 8.06. The highest BCUT2D eigenvalue weighted by molar-refractivity contribution is 9.10. The minimum atomic E-state index is 0.704. The molecule has 0 fully saturated rings. The van der Waals surface area contributed by atoms with E-state index in [4.69, 9.17) is 17.3 Å². The second kappa shape index (κ2) is 6.20. The van der Waals surface area contributed by atoms with Crippen LogP contribution in [0.2, 0.25) is 5.02 Å². The zero-order valence-corrected chi connectivity index (χ0v) is 13.9.